The van der Waals surface area contributed by atoms with Gasteiger partial charge in [0.05, 0.1) is 34.8 Å². The summed E-state index contributed by atoms with van der Waals surface area (Å²) < 4.78 is 1.89. The Morgan fingerprint density at radius 3 is 2.55 bits per heavy atom. The van der Waals surface area contributed by atoms with E-state index >= 15 is 0 Å². The van der Waals surface area contributed by atoms with Crippen LogP contribution >= 0.6 is 0 Å². The number of anilines is 2. The average molecular weight is 585 g/mol. The van der Waals surface area contributed by atoms with E-state index in [1.807, 2.05) is 42.1 Å². The molecule has 8 nitrogen and oxygen atoms in total. The lowest BCUT2D eigenvalue weighted by atomic mass is 9.99. The number of hydrogen-bond acceptors (Lipinski definition) is 7. The van der Waals surface area contributed by atoms with E-state index in [0.717, 1.165) is 87.1 Å². The van der Waals surface area contributed by atoms with E-state index in [1.165, 1.54) is 0 Å². The van der Waals surface area contributed by atoms with Gasteiger partial charge in [0.2, 0.25) is 0 Å². The molecule has 1 aliphatic heterocycles. The molecule has 1 aliphatic rings. The number of aromatic nitrogens is 3. The maximum atomic E-state index is 4.52. The zero-order chi connectivity index (χ0) is 31.4. The molecule has 3 aromatic carbocycles. The number of fused-ring (bicyclic) bond motifs is 1. The van der Waals surface area contributed by atoms with Gasteiger partial charge >= 0.3 is 0 Å². The van der Waals surface area contributed by atoms with Crippen LogP contribution in [0.2, 0.25) is 0 Å². The van der Waals surface area contributed by atoms with E-state index in [0.29, 0.717) is 13.1 Å². The van der Waals surface area contributed by atoms with Crippen molar-refractivity contribution < 1.29 is 0 Å². The van der Waals surface area contributed by atoms with Gasteiger partial charge in [0, 0.05) is 49.3 Å². The molecular formula is C36H40N8. The standard InChI is InChI=1S/C36H40N8/c1-9-20-43(29-16-18-35(41(8)10-2)32(23-29)37-6)27(5)30-19-21-42(24-33(30)38-7)26(4)28-15-17-34(25(3)22-28)44-36-14-12-11-13-31(36)39-40-44/h9,11-18,22-23H,1,4-7,10,19-21,24H2,2-3,8H3. The first-order chi connectivity index (χ1) is 21.3. The molecule has 8 heteroatoms. The minimum absolute atomic E-state index is 0.590. The minimum Gasteiger partial charge on any atom is -0.373 e. The van der Waals surface area contributed by atoms with Crippen LogP contribution in [0.25, 0.3) is 22.4 Å². The zero-order valence-corrected chi connectivity index (χ0v) is 26.0. The third kappa shape index (κ3) is 5.71. The van der Waals surface area contributed by atoms with Gasteiger partial charge in [-0.25, -0.2) is 4.68 Å². The van der Waals surface area contributed by atoms with Crippen molar-refractivity contribution in [2.75, 3.05) is 43.0 Å². The highest BCUT2D eigenvalue weighted by Gasteiger charge is 2.25. The lowest BCUT2D eigenvalue weighted by molar-refractivity contribution is 0.410. The van der Waals surface area contributed by atoms with Crippen LogP contribution in [0.15, 0.2) is 113 Å². The van der Waals surface area contributed by atoms with E-state index in [9.17, 15) is 0 Å². The Balaban J connectivity index is 1.38. The molecule has 0 fully saturated rings. The molecule has 0 N–H and O–H groups in total. The first-order valence-electron chi connectivity index (χ1n) is 14.7. The largest absolute Gasteiger partial charge is 0.373 e. The maximum absolute atomic E-state index is 4.52. The second-order valence-corrected chi connectivity index (χ2v) is 10.9. The van der Waals surface area contributed by atoms with Crippen LogP contribution in [0, 0.1) is 6.92 Å². The van der Waals surface area contributed by atoms with Crippen molar-refractivity contribution in [1.29, 1.82) is 0 Å². The molecule has 4 aromatic rings. The SMILES string of the molecule is C=CCN(C(=C)C1=C(N=C)CN(C(=C)c2ccc(-n3nnc4ccccc43)c(C)c2)CC1)c1ccc(N(C)CC)c(N=C)c1. The molecule has 0 saturated carbocycles. The van der Waals surface area contributed by atoms with Crippen LogP contribution in [0.4, 0.5) is 17.1 Å². The van der Waals surface area contributed by atoms with Crippen LogP contribution in [-0.4, -0.2) is 66.6 Å². The van der Waals surface area contributed by atoms with Gasteiger partial charge in [-0.05, 0) is 87.3 Å². The predicted octanol–water partition coefficient (Wildman–Crippen LogP) is 7.35. The van der Waals surface area contributed by atoms with Crippen LogP contribution < -0.4 is 9.80 Å². The van der Waals surface area contributed by atoms with Crippen molar-refractivity contribution >= 4 is 47.2 Å². The summed E-state index contributed by atoms with van der Waals surface area (Å²) in [5.74, 6) is 0. The highest BCUT2D eigenvalue weighted by Crippen LogP contribution is 2.37. The van der Waals surface area contributed by atoms with Crippen LogP contribution in [0.1, 0.15) is 24.5 Å². The number of rotatable bonds is 12. The molecule has 0 aliphatic carbocycles. The topological polar surface area (TPSA) is 65.2 Å². The first-order valence-corrected chi connectivity index (χ1v) is 14.7. The third-order valence-electron chi connectivity index (χ3n) is 8.32. The van der Waals surface area contributed by atoms with Gasteiger partial charge in [-0.2, -0.15) is 0 Å². The number of para-hydroxylation sites is 1. The van der Waals surface area contributed by atoms with Gasteiger partial charge in [-0.3, -0.25) is 9.98 Å². The smallest absolute Gasteiger partial charge is 0.113 e. The molecule has 0 amide bonds. The summed E-state index contributed by atoms with van der Waals surface area (Å²) in [5.41, 5.74) is 11.6. The normalized spacial score (nSPS) is 13.1. The average Bonchev–Trinajstić information content (AvgIpc) is 3.49. The predicted molar refractivity (Wildman–Crippen MR) is 187 cm³/mol. The summed E-state index contributed by atoms with van der Waals surface area (Å²) in [7, 11) is 2.05. The van der Waals surface area contributed by atoms with Crippen molar-refractivity contribution in [3.8, 4) is 5.69 Å². The molecule has 0 spiro atoms. The fourth-order valence-corrected chi connectivity index (χ4v) is 5.70. The van der Waals surface area contributed by atoms with Crippen LogP contribution in [0.5, 0.6) is 0 Å². The number of aryl methyl sites for hydroxylation is 1. The van der Waals surface area contributed by atoms with Crippen molar-refractivity contribution in [3.63, 3.8) is 0 Å². The quantitative estimate of drug-likeness (QED) is 0.129. The fraction of sp³-hybridized carbons (Fsp3) is 0.222. The summed E-state index contributed by atoms with van der Waals surface area (Å²) in [6.45, 7) is 27.8. The molecule has 0 atom stereocenters. The molecule has 44 heavy (non-hydrogen) atoms. The van der Waals surface area contributed by atoms with Gasteiger partial charge in [0.15, 0.2) is 0 Å². The van der Waals surface area contributed by atoms with Crippen molar-refractivity contribution in [2.24, 2.45) is 9.98 Å². The highest BCUT2D eigenvalue weighted by molar-refractivity contribution is 5.77. The molecule has 0 unspecified atom stereocenters. The lowest BCUT2D eigenvalue weighted by Crippen LogP contribution is -2.33. The molecule has 2 heterocycles. The van der Waals surface area contributed by atoms with Crippen molar-refractivity contribution in [3.05, 3.63) is 115 Å². The molecule has 0 radical (unpaired) electrons. The van der Waals surface area contributed by atoms with Crippen LogP contribution in [-0.2, 0) is 0 Å². The Morgan fingerprint density at radius 2 is 1.84 bits per heavy atom. The Morgan fingerprint density at radius 1 is 1.05 bits per heavy atom. The Kier molecular flexibility index (Phi) is 8.90. The Hall–Kier alpha value is -5.24. The van der Waals surface area contributed by atoms with E-state index in [4.69, 9.17) is 0 Å². The Labute approximate surface area is 260 Å². The van der Waals surface area contributed by atoms with Crippen LogP contribution in [0.3, 0.4) is 0 Å². The van der Waals surface area contributed by atoms with Gasteiger partial charge in [-0.1, -0.05) is 42.6 Å². The number of hydrogen-bond donors (Lipinski definition) is 0. The van der Waals surface area contributed by atoms with E-state index in [2.05, 4.69) is 118 Å². The van der Waals surface area contributed by atoms with E-state index < -0.39 is 0 Å². The minimum atomic E-state index is 0.590. The van der Waals surface area contributed by atoms with E-state index in [-0.39, 0.29) is 0 Å². The molecule has 0 bridgehead atoms. The molecule has 1 aromatic heterocycles. The highest BCUT2D eigenvalue weighted by atomic mass is 15.4. The second kappa shape index (κ2) is 13.0. The summed E-state index contributed by atoms with van der Waals surface area (Å²) in [6, 6.07) is 20.5. The lowest BCUT2D eigenvalue weighted by Gasteiger charge is -2.36. The fourth-order valence-electron chi connectivity index (χ4n) is 5.70. The van der Waals surface area contributed by atoms with Crippen molar-refractivity contribution in [2.45, 2.75) is 20.3 Å². The first kappa shape index (κ1) is 30.2. The third-order valence-corrected chi connectivity index (χ3v) is 8.32. The molecule has 5 rings (SSSR count). The van der Waals surface area contributed by atoms with E-state index in [1.54, 1.807) is 0 Å². The summed E-state index contributed by atoms with van der Waals surface area (Å²) in [5, 5.41) is 8.70. The molecular weight excluding hydrogens is 544 g/mol. The summed E-state index contributed by atoms with van der Waals surface area (Å²) in [6.07, 6.45) is 2.63. The van der Waals surface area contributed by atoms with Gasteiger partial charge in [-0.15, -0.1) is 11.7 Å². The molecule has 224 valence electrons. The van der Waals surface area contributed by atoms with Gasteiger partial charge in [0.1, 0.15) is 5.52 Å². The summed E-state index contributed by atoms with van der Waals surface area (Å²) >= 11 is 0. The molecule has 0 saturated heterocycles. The zero-order valence-electron chi connectivity index (χ0n) is 26.0. The number of aliphatic imine (C=N–C) groups is 2. The second-order valence-electron chi connectivity index (χ2n) is 10.9. The number of nitrogens with zero attached hydrogens (tertiary/aromatic N) is 8. The van der Waals surface area contributed by atoms with Gasteiger partial charge < -0.3 is 14.7 Å². The summed E-state index contributed by atoms with van der Waals surface area (Å²) in [4.78, 5) is 15.3. The Bertz CT molecular complexity index is 1790. The monoisotopic (exact) mass is 584 g/mol. The number of allylic oxidation sites excluding steroid dienone is 1. The van der Waals surface area contributed by atoms with Gasteiger partial charge in [0.25, 0.3) is 0 Å². The maximum Gasteiger partial charge on any atom is 0.113 e. The number of benzene rings is 3. The van der Waals surface area contributed by atoms with Crippen molar-refractivity contribution in [1.82, 2.24) is 19.9 Å².